The van der Waals surface area contributed by atoms with Crippen LogP contribution >= 0.6 is 0 Å². The molecule has 23 heavy (non-hydrogen) atoms. The Labute approximate surface area is 149 Å². The second-order valence-corrected chi connectivity index (χ2v) is 15.4. The Morgan fingerprint density at radius 2 is 0.783 bits per heavy atom. The zero-order valence-corrected chi connectivity index (χ0v) is 19.0. The van der Waals surface area contributed by atoms with Gasteiger partial charge in [0.25, 0.3) is 0 Å². The molecule has 0 radical (unpaired) electrons. The van der Waals surface area contributed by atoms with Crippen molar-refractivity contribution in [2.24, 2.45) is 0 Å². The lowest BCUT2D eigenvalue weighted by molar-refractivity contribution is 0.310. The quantitative estimate of drug-likeness (QED) is 0.276. The molecule has 0 fully saturated rings. The maximum atomic E-state index is 6.42. The van der Waals surface area contributed by atoms with Crippen molar-refractivity contribution in [3.05, 3.63) is 0 Å². The fraction of sp³-hybridized carbons (Fsp3) is 1.00. The van der Waals surface area contributed by atoms with E-state index in [-0.39, 0.29) is 0 Å². The molecule has 0 unspecified atom stereocenters. The lowest BCUT2D eigenvalue weighted by Crippen LogP contribution is -2.41. The van der Waals surface area contributed by atoms with Crippen LogP contribution in [0.25, 0.3) is 0 Å². The fourth-order valence-corrected chi connectivity index (χ4v) is 13.6. The monoisotopic (exact) mass is 360 g/mol. The van der Waals surface area contributed by atoms with Crippen LogP contribution in [0.3, 0.4) is 0 Å². The first-order valence-electron chi connectivity index (χ1n) is 10.3. The van der Waals surface area contributed by atoms with E-state index in [1.807, 2.05) is 0 Å². The molecule has 0 aliphatic heterocycles. The summed E-state index contributed by atoms with van der Waals surface area (Å²) in [4.78, 5) is 0. The van der Waals surface area contributed by atoms with Gasteiger partial charge >= 0.3 is 0 Å². The van der Waals surface area contributed by atoms with Gasteiger partial charge in [0, 0.05) is 13.2 Å². The first-order chi connectivity index (χ1) is 11.1. The van der Waals surface area contributed by atoms with Crippen molar-refractivity contribution in [1.82, 2.24) is 0 Å². The highest BCUT2D eigenvalue weighted by molar-refractivity contribution is 6.75. The van der Waals surface area contributed by atoms with E-state index in [9.17, 15) is 0 Å². The molecule has 0 atom stereocenters. The minimum atomic E-state index is -1.50. The van der Waals surface area contributed by atoms with E-state index >= 15 is 0 Å². The van der Waals surface area contributed by atoms with E-state index in [2.05, 4.69) is 41.5 Å². The Morgan fingerprint density at radius 1 is 0.478 bits per heavy atom. The summed E-state index contributed by atoms with van der Waals surface area (Å²) in [6.45, 7) is 15.5. The molecule has 0 N–H and O–H groups in total. The van der Waals surface area contributed by atoms with Crippen molar-refractivity contribution in [3.63, 3.8) is 0 Å². The number of hydrogen-bond acceptors (Lipinski definition) is 2. The molecule has 0 saturated heterocycles. The Morgan fingerprint density at radius 3 is 1.00 bits per heavy atom. The third kappa shape index (κ3) is 8.85. The van der Waals surface area contributed by atoms with E-state index in [4.69, 9.17) is 8.85 Å². The van der Waals surface area contributed by atoms with Gasteiger partial charge in [-0.1, -0.05) is 59.8 Å². The van der Waals surface area contributed by atoms with Crippen LogP contribution < -0.4 is 0 Å². The van der Waals surface area contributed by atoms with Gasteiger partial charge in [0.15, 0.2) is 16.6 Å². The topological polar surface area (TPSA) is 18.5 Å². The summed E-state index contributed by atoms with van der Waals surface area (Å²) in [5, 5.41) is 0. The summed E-state index contributed by atoms with van der Waals surface area (Å²) in [7, 11) is -2.99. The molecule has 2 nitrogen and oxygen atoms in total. The average molecular weight is 361 g/mol. The lowest BCUT2D eigenvalue weighted by Gasteiger charge is -2.34. The van der Waals surface area contributed by atoms with E-state index in [0.29, 0.717) is 0 Å². The largest absolute Gasteiger partial charge is 0.417 e. The van der Waals surface area contributed by atoms with Gasteiger partial charge in [-0.05, 0) is 50.1 Å². The van der Waals surface area contributed by atoms with Gasteiger partial charge in [-0.25, -0.2) is 0 Å². The minimum absolute atomic E-state index is 0.907. The van der Waals surface area contributed by atoms with Gasteiger partial charge in [0.2, 0.25) is 0 Å². The smallest absolute Gasteiger partial charge is 0.192 e. The first kappa shape index (κ1) is 23.4. The lowest BCUT2D eigenvalue weighted by atomic mass is 10.5. The molecule has 0 aromatic heterocycles. The Kier molecular flexibility index (Phi) is 13.8. The number of rotatable bonds is 16. The van der Waals surface area contributed by atoms with Crippen LogP contribution in [0.4, 0.5) is 0 Å². The van der Waals surface area contributed by atoms with Gasteiger partial charge in [0.1, 0.15) is 0 Å². The fourth-order valence-electron chi connectivity index (χ4n) is 4.35. The summed E-state index contributed by atoms with van der Waals surface area (Å²) in [5.74, 6) is 0. The highest BCUT2D eigenvalue weighted by atomic mass is 28.4. The van der Waals surface area contributed by atoms with E-state index < -0.39 is 16.6 Å². The predicted octanol–water partition coefficient (Wildman–Crippen LogP) is 6.98. The molecule has 0 aromatic rings. The van der Waals surface area contributed by atoms with Crippen LogP contribution in [0.15, 0.2) is 0 Å². The van der Waals surface area contributed by atoms with E-state index in [1.54, 1.807) is 0 Å². The molecule has 0 rings (SSSR count). The van der Waals surface area contributed by atoms with Crippen molar-refractivity contribution in [2.45, 2.75) is 110 Å². The Balaban J connectivity index is 4.82. The van der Waals surface area contributed by atoms with Crippen molar-refractivity contribution in [1.29, 1.82) is 0 Å². The summed E-state index contributed by atoms with van der Waals surface area (Å²) >= 11 is 0. The summed E-state index contributed by atoms with van der Waals surface area (Å²) in [6, 6.07) is 8.10. The molecule has 0 heterocycles. The molecule has 0 aliphatic rings. The van der Waals surface area contributed by atoms with Gasteiger partial charge in [0.05, 0.1) is 0 Å². The number of hydrogen-bond donors (Lipinski definition) is 0. The SMILES string of the molecule is CCC[Si](CCC)(CCC[Si](CCC)(CCC)OCC)OCC. The molecular formula is C19H44O2Si2. The second kappa shape index (κ2) is 13.6. The van der Waals surface area contributed by atoms with Crippen molar-refractivity contribution < 1.29 is 8.85 Å². The molecule has 0 amide bonds. The van der Waals surface area contributed by atoms with Crippen LogP contribution in [0, 0.1) is 0 Å². The Bertz CT molecular complexity index is 212. The standard InChI is InChI=1S/C19H44O2Si2/c1-7-14-22(15-8-2,20-11-5)18-13-19-23(16-9-3,17-10-4)21-12-6/h7-19H2,1-6H3. The van der Waals surface area contributed by atoms with E-state index in [0.717, 1.165) is 13.2 Å². The third-order valence-corrected chi connectivity index (χ3v) is 15.0. The molecule has 0 aliphatic carbocycles. The average Bonchev–Trinajstić information content (AvgIpc) is 2.49. The minimum Gasteiger partial charge on any atom is -0.417 e. The maximum absolute atomic E-state index is 6.42. The molecule has 140 valence electrons. The highest BCUT2D eigenvalue weighted by Gasteiger charge is 2.36. The third-order valence-electron chi connectivity index (χ3n) is 4.99. The Hall–Kier alpha value is 0.354. The van der Waals surface area contributed by atoms with Crippen LogP contribution in [0.2, 0.25) is 36.3 Å². The highest BCUT2D eigenvalue weighted by Crippen LogP contribution is 2.33. The summed E-state index contributed by atoms with van der Waals surface area (Å²) in [5.41, 5.74) is 0. The summed E-state index contributed by atoms with van der Waals surface area (Å²) < 4.78 is 12.8. The van der Waals surface area contributed by atoms with Crippen molar-refractivity contribution in [2.75, 3.05) is 13.2 Å². The maximum Gasteiger partial charge on any atom is 0.192 e. The van der Waals surface area contributed by atoms with Crippen LogP contribution in [-0.2, 0) is 8.85 Å². The van der Waals surface area contributed by atoms with Crippen LogP contribution in [0.5, 0.6) is 0 Å². The summed E-state index contributed by atoms with van der Waals surface area (Å²) in [6.07, 6.45) is 6.47. The van der Waals surface area contributed by atoms with E-state index in [1.165, 1.54) is 68.4 Å². The molecule has 0 aromatic carbocycles. The van der Waals surface area contributed by atoms with Crippen LogP contribution in [0.1, 0.15) is 73.6 Å². The predicted molar refractivity (Wildman–Crippen MR) is 109 cm³/mol. The zero-order valence-electron chi connectivity index (χ0n) is 17.0. The second-order valence-electron chi connectivity index (χ2n) is 7.09. The van der Waals surface area contributed by atoms with Gasteiger partial charge < -0.3 is 8.85 Å². The molecule has 4 heteroatoms. The first-order valence-corrected chi connectivity index (χ1v) is 15.4. The van der Waals surface area contributed by atoms with Crippen LogP contribution in [-0.4, -0.2) is 29.8 Å². The molecule has 0 saturated carbocycles. The van der Waals surface area contributed by atoms with Crippen molar-refractivity contribution in [3.8, 4) is 0 Å². The van der Waals surface area contributed by atoms with Gasteiger partial charge in [-0.3, -0.25) is 0 Å². The molecular weight excluding hydrogens is 316 g/mol. The van der Waals surface area contributed by atoms with Gasteiger partial charge in [-0.2, -0.15) is 0 Å². The molecule has 0 bridgehead atoms. The zero-order chi connectivity index (χ0) is 17.6. The van der Waals surface area contributed by atoms with Crippen molar-refractivity contribution >= 4 is 16.6 Å². The normalized spacial score (nSPS) is 12.8. The molecule has 0 spiro atoms. The van der Waals surface area contributed by atoms with Gasteiger partial charge in [-0.15, -0.1) is 0 Å².